The molecule has 33 heavy (non-hydrogen) atoms. The van der Waals surface area contributed by atoms with Crippen LogP contribution in [0.3, 0.4) is 0 Å². The van der Waals surface area contributed by atoms with Gasteiger partial charge in [-0.05, 0) is 18.6 Å². The smallest absolute Gasteiger partial charge is 0.330 e. The van der Waals surface area contributed by atoms with E-state index in [9.17, 15) is 14.4 Å². The fraction of sp³-hybridized carbons (Fsp3) is 0.273. The van der Waals surface area contributed by atoms with Crippen LogP contribution in [0.4, 0.5) is 11.5 Å². The summed E-state index contributed by atoms with van der Waals surface area (Å²) in [5, 5.41) is 11.1. The van der Waals surface area contributed by atoms with E-state index < -0.39 is 17.2 Å². The van der Waals surface area contributed by atoms with Gasteiger partial charge in [0, 0.05) is 26.1 Å². The number of H-pyrrole nitrogens is 1. The standard InChI is InChI=1S/C22H24N6O4S/c1-13-15-11-16(33-21(15)27(2)26-13)19(29)24-18-17(23-12-14-7-5-4-6-8-14)20(30)25-22(31)28(18)9-10-32-3/h4-8,11,23H,9-10,12H2,1-3H3,(H,24,29)(H,25,30,31). The van der Waals surface area contributed by atoms with Gasteiger partial charge >= 0.3 is 5.69 Å². The number of aromatic nitrogens is 4. The summed E-state index contributed by atoms with van der Waals surface area (Å²) < 4.78 is 8.12. The van der Waals surface area contributed by atoms with Crippen molar-refractivity contribution >= 4 is 39.0 Å². The number of nitrogens with zero attached hydrogens (tertiary/aromatic N) is 3. The van der Waals surface area contributed by atoms with E-state index in [4.69, 9.17) is 4.74 Å². The first-order chi connectivity index (χ1) is 15.9. The number of anilines is 2. The molecule has 10 nitrogen and oxygen atoms in total. The Morgan fingerprint density at radius 1 is 1.24 bits per heavy atom. The predicted molar refractivity (Wildman–Crippen MR) is 128 cm³/mol. The molecule has 1 amide bonds. The molecule has 0 aliphatic rings. The average Bonchev–Trinajstić information content (AvgIpc) is 3.35. The van der Waals surface area contributed by atoms with E-state index in [1.54, 1.807) is 10.7 Å². The molecule has 0 atom stereocenters. The number of fused-ring (bicyclic) bond motifs is 1. The van der Waals surface area contributed by atoms with Crippen LogP contribution in [0.15, 0.2) is 46.0 Å². The highest BCUT2D eigenvalue weighted by molar-refractivity contribution is 7.20. The van der Waals surface area contributed by atoms with Crippen molar-refractivity contribution in [2.75, 3.05) is 24.4 Å². The van der Waals surface area contributed by atoms with Crippen LogP contribution in [0.5, 0.6) is 0 Å². The molecule has 3 aromatic heterocycles. The lowest BCUT2D eigenvalue weighted by Gasteiger charge is -2.17. The summed E-state index contributed by atoms with van der Waals surface area (Å²) in [7, 11) is 3.33. The third kappa shape index (κ3) is 4.59. The van der Waals surface area contributed by atoms with E-state index in [1.165, 1.54) is 23.0 Å². The van der Waals surface area contributed by atoms with E-state index in [0.717, 1.165) is 21.5 Å². The molecule has 0 aliphatic heterocycles. The fourth-order valence-electron chi connectivity index (χ4n) is 3.53. The SMILES string of the molecule is COCCn1c(NC(=O)c2cc3c(C)nn(C)c3s2)c(NCc2ccccc2)c(=O)[nH]c1=O. The first-order valence-corrected chi connectivity index (χ1v) is 11.1. The van der Waals surface area contributed by atoms with Gasteiger partial charge in [-0.3, -0.25) is 23.8 Å². The lowest BCUT2D eigenvalue weighted by atomic mass is 10.2. The molecule has 172 valence electrons. The molecule has 0 saturated carbocycles. The van der Waals surface area contributed by atoms with Gasteiger partial charge in [0.25, 0.3) is 11.5 Å². The van der Waals surface area contributed by atoms with Gasteiger partial charge in [-0.1, -0.05) is 30.3 Å². The quantitative estimate of drug-likeness (QED) is 0.365. The number of hydrogen-bond acceptors (Lipinski definition) is 7. The van der Waals surface area contributed by atoms with Crippen molar-refractivity contribution in [3.8, 4) is 0 Å². The van der Waals surface area contributed by atoms with E-state index in [2.05, 4.69) is 20.7 Å². The number of aryl methyl sites for hydroxylation is 2. The first-order valence-electron chi connectivity index (χ1n) is 10.3. The minimum absolute atomic E-state index is 0.0917. The Morgan fingerprint density at radius 2 is 2.00 bits per heavy atom. The molecule has 0 spiro atoms. The van der Waals surface area contributed by atoms with Gasteiger partial charge in [0.1, 0.15) is 16.3 Å². The number of amides is 1. The van der Waals surface area contributed by atoms with Crippen molar-refractivity contribution < 1.29 is 9.53 Å². The van der Waals surface area contributed by atoms with Crippen molar-refractivity contribution in [1.29, 1.82) is 0 Å². The van der Waals surface area contributed by atoms with Gasteiger partial charge in [0.15, 0.2) is 0 Å². The molecule has 1 aromatic carbocycles. The summed E-state index contributed by atoms with van der Waals surface area (Å²) in [4.78, 5) is 42.0. The van der Waals surface area contributed by atoms with E-state index in [1.807, 2.05) is 44.3 Å². The maximum atomic E-state index is 13.2. The third-order valence-corrected chi connectivity index (χ3v) is 6.38. The van der Waals surface area contributed by atoms with Crippen molar-refractivity contribution in [1.82, 2.24) is 19.3 Å². The molecule has 4 aromatic rings. The normalized spacial score (nSPS) is 11.1. The Balaban J connectivity index is 1.72. The number of carbonyl (C=O) groups is 1. The molecule has 11 heteroatoms. The molecule has 0 aliphatic carbocycles. The second-order valence-electron chi connectivity index (χ2n) is 7.46. The Labute approximate surface area is 192 Å². The van der Waals surface area contributed by atoms with Gasteiger partial charge in [-0.2, -0.15) is 5.10 Å². The topological polar surface area (TPSA) is 123 Å². The van der Waals surface area contributed by atoms with Crippen LogP contribution < -0.4 is 21.9 Å². The van der Waals surface area contributed by atoms with Gasteiger partial charge in [-0.25, -0.2) is 4.79 Å². The molecular formula is C22H24N6O4S. The third-order valence-electron chi connectivity index (χ3n) is 5.18. The summed E-state index contributed by atoms with van der Waals surface area (Å²) in [6.07, 6.45) is 0. The van der Waals surface area contributed by atoms with Gasteiger partial charge in [0.2, 0.25) is 0 Å². The number of benzene rings is 1. The molecule has 0 bridgehead atoms. The summed E-state index contributed by atoms with van der Waals surface area (Å²) in [6.45, 7) is 2.59. The second-order valence-corrected chi connectivity index (χ2v) is 8.49. The highest BCUT2D eigenvalue weighted by Gasteiger charge is 2.21. The second kappa shape index (κ2) is 9.43. The number of hydrogen-bond donors (Lipinski definition) is 3. The first kappa shape index (κ1) is 22.5. The van der Waals surface area contributed by atoms with Crippen LogP contribution in [0.1, 0.15) is 20.9 Å². The summed E-state index contributed by atoms with van der Waals surface area (Å²) >= 11 is 1.29. The van der Waals surface area contributed by atoms with Gasteiger partial charge in [-0.15, -0.1) is 11.3 Å². The van der Waals surface area contributed by atoms with Crippen molar-refractivity contribution in [2.24, 2.45) is 7.05 Å². The molecule has 0 radical (unpaired) electrons. The zero-order valence-electron chi connectivity index (χ0n) is 18.5. The van der Waals surface area contributed by atoms with Crippen LogP contribution in [-0.4, -0.2) is 39.0 Å². The number of carbonyl (C=O) groups excluding carboxylic acids is 1. The highest BCUT2D eigenvalue weighted by Crippen LogP contribution is 2.28. The van der Waals surface area contributed by atoms with Crippen molar-refractivity contribution in [2.45, 2.75) is 20.0 Å². The van der Waals surface area contributed by atoms with Crippen LogP contribution in [0.2, 0.25) is 0 Å². The van der Waals surface area contributed by atoms with Crippen LogP contribution in [0.25, 0.3) is 10.2 Å². The Morgan fingerprint density at radius 3 is 2.70 bits per heavy atom. The maximum absolute atomic E-state index is 13.2. The summed E-state index contributed by atoms with van der Waals surface area (Å²) in [5.41, 5.74) is 0.615. The lowest BCUT2D eigenvalue weighted by molar-refractivity contribution is 0.102. The minimum atomic E-state index is -0.631. The molecule has 0 unspecified atom stereocenters. The van der Waals surface area contributed by atoms with Crippen LogP contribution in [0, 0.1) is 6.92 Å². The Hall–Kier alpha value is -3.70. The molecule has 3 heterocycles. The van der Waals surface area contributed by atoms with Crippen LogP contribution in [-0.2, 0) is 24.9 Å². The Kier molecular flexibility index (Phi) is 6.43. The number of ether oxygens (including phenoxy) is 1. The molecule has 0 saturated heterocycles. The van der Waals surface area contributed by atoms with Gasteiger partial charge in [0.05, 0.1) is 23.7 Å². The summed E-state index contributed by atoms with van der Waals surface area (Å²) in [5.74, 6) is -0.330. The fourth-order valence-corrected chi connectivity index (χ4v) is 4.55. The zero-order valence-corrected chi connectivity index (χ0v) is 19.3. The zero-order chi connectivity index (χ0) is 23.5. The predicted octanol–water partition coefficient (Wildman–Crippen LogP) is 2.30. The number of aromatic amines is 1. The molecular weight excluding hydrogens is 444 g/mol. The maximum Gasteiger partial charge on any atom is 0.330 e. The van der Waals surface area contributed by atoms with Crippen molar-refractivity contribution in [3.05, 3.63) is 73.4 Å². The number of methoxy groups -OCH3 is 1. The number of nitrogens with one attached hydrogen (secondary N) is 3. The van der Waals surface area contributed by atoms with E-state index in [0.29, 0.717) is 11.4 Å². The van der Waals surface area contributed by atoms with Gasteiger partial charge < -0.3 is 15.4 Å². The molecule has 0 fully saturated rings. The monoisotopic (exact) mass is 468 g/mol. The van der Waals surface area contributed by atoms with Crippen LogP contribution >= 0.6 is 11.3 Å². The average molecular weight is 469 g/mol. The van der Waals surface area contributed by atoms with E-state index >= 15 is 0 Å². The largest absolute Gasteiger partial charge is 0.383 e. The highest BCUT2D eigenvalue weighted by atomic mass is 32.1. The lowest BCUT2D eigenvalue weighted by Crippen LogP contribution is -2.36. The molecule has 3 N–H and O–H groups in total. The van der Waals surface area contributed by atoms with E-state index in [-0.39, 0.29) is 24.7 Å². The Bertz CT molecular complexity index is 1380. The molecule has 4 rings (SSSR count). The number of rotatable bonds is 8. The summed E-state index contributed by atoms with van der Waals surface area (Å²) in [6, 6.07) is 11.3. The number of thiophene rings is 1. The van der Waals surface area contributed by atoms with Crippen molar-refractivity contribution in [3.63, 3.8) is 0 Å². The minimum Gasteiger partial charge on any atom is -0.383 e.